The van der Waals surface area contributed by atoms with Gasteiger partial charge in [-0.3, -0.25) is 4.68 Å². The van der Waals surface area contributed by atoms with E-state index in [0.717, 1.165) is 30.7 Å². The van der Waals surface area contributed by atoms with Crippen LogP contribution in [0, 0.1) is 0 Å². The number of hydrogen-bond donors (Lipinski definition) is 1. The minimum absolute atomic E-state index is 0.00651. The van der Waals surface area contributed by atoms with E-state index in [4.69, 9.17) is 4.74 Å². The Balaban J connectivity index is 1.62. The zero-order valence-corrected chi connectivity index (χ0v) is 14.2. The molecule has 0 radical (unpaired) electrons. The predicted octanol–water partition coefficient (Wildman–Crippen LogP) is 2.83. The first-order valence-electron chi connectivity index (χ1n) is 8.36. The molecule has 0 bridgehead atoms. The zero-order valence-electron chi connectivity index (χ0n) is 14.2. The van der Waals surface area contributed by atoms with E-state index in [-0.39, 0.29) is 18.1 Å². The SMILES string of the molecule is COc1ccc([C@H]2CCCN2C(=O)N[C@@H](C)Cn2cccn2)cc1. The first kappa shape index (κ1) is 16.4. The van der Waals surface area contributed by atoms with Crippen LogP contribution in [0.1, 0.15) is 31.4 Å². The maximum atomic E-state index is 12.7. The Hall–Kier alpha value is -2.50. The summed E-state index contributed by atoms with van der Waals surface area (Å²) in [6.07, 6.45) is 5.67. The predicted molar refractivity (Wildman–Crippen MR) is 91.9 cm³/mol. The van der Waals surface area contributed by atoms with Crippen molar-refractivity contribution >= 4 is 6.03 Å². The first-order chi connectivity index (χ1) is 11.7. The quantitative estimate of drug-likeness (QED) is 0.918. The van der Waals surface area contributed by atoms with E-state index in [1.807, 2.05) is 53.0 Å². The van der Waals surface area contributed by atoms with Gasteiger partial charge < -0.3 is 15.0 Å². The average molecular weight is 328 g/mol. The van der Waals surface area contributed by atoms with E-state index in [1.54, 1.807) is 13.3 Å². The van der Waals surface area contributed by atoms with Crippen LogP contribution in [0.2, 0.25) is 0 Å². The van der Waals surface area contributed by atoms with Crippen LogP contribution in [0.5, 0.6) is 5.75 Å². The molecule has 0 aliphatic carbocycles. The van der Waals surface area contributed by atoms with E-state index >= 15 is 0 Å². The van der Waals surface area contributed by atoms with E-state index in [2.05, 4.69) is 10.4 Å². The number of carbonyl (C=O) groups is 1. The molecule has 0 spiro atoms. The molecule has 1 aliphatic heterocycles. The molecule has 6 heteroatoms. The van der Waals surface area contributed by atoms with Crippen LogP contribution in [0.3, 0.4) is 0 Å². The van der Waals surface area contributed by atoms with E-state index in [0.29, 0.717) is 6.54 Å². The van der Waals surface area contributed by atoms with E-state index in [9.17, 15) is 4.79 Å². The standard InChI is InChI=1S/C18H24N4O2/c1-14(13-21-11-4-10-19-21)20-18(23)22-12-3-5-17(22)15-6-8-16(24-2)9-7-15/h4,6-11,14,17H,3,5,12-13H2,1-2H3,(H,20,23)/t14-,17+/m0/s1. The summed E-state index contributed by atoms with van der Waals surface area (Å²) in [5, 5.41) is 7.26. The number of amides is 2. The molecular weight excluding hydrogens is 304 g/mol. The second kappa shape index (κ2) is 7.38. The van der Waals surface area contributed by atoms with Crippen LogP contribution in [-0.4, -0.2) is 40.4 Å². The summed E-state index contributed by atoms with van der Waals surface area (Å²) in [6, 6.07) is 10.0. The number of nitrogens with zero attached hydrogens (tertiary/aromatic N) is 3. The Morgan fingerprint density at radius 3 is 2.88 bits per heavy atom. The summed E-state index contributed by atoms with van der Waals surface area (Å²) in [4.78, 5) is 14.6. The third kappa shape index (κ3) is 3.69. The lowest BCUT2D eigenvalue weighted by Gasteiger charge is -2.27. The fourth-order valence-electron chi connectivity index (χ4n) is 3.21. The van der Waals surface area contributed by atoms with E-state index < -0.39 is 0 Å². The lowest BCUT2D eigenvalue weighted by molar-refractivity contribution is 0.188. The van der Waals surface area contributed by atoms with Crippen molar-refractivity contribution in [2.75, 3.05) is 13.7 Å². The van der Waals surface area contributed by atoms with Gasteiger partial charge in [-0.05, 0) is 43.5 Å². The molecule has 0 saturated carbocycles. The number of methoxy groups -OCH3 is 1. The molecule has 24 heavy (non-hydrogen) atoms. The molecule has 2 atom stereocenters. The molecule has 128 valence electrons. The van der Waals surface area contributed by atoms with Gasteiger partial charge in [0, 0.05) is 25.0 Å². The zero-order chi connectivity index (χ0) is 16.9. The van der Waals surface area contributed by atoms with Crippen molar-refractivity contribution in [2.45, 2.75) is 38.4 Å². The highest BCUT2D eigenvalue weighted by molar-refractivity contribution is 5.75. The highest BCUT2D eigenvalue weighted by atomic mass is 16.5. The molecule has 1 fully saturated rings. The summed E-state index contributed by atoms with van der Waals surface area (Å²) in [5.41, 5.74) is 1.16. The van der Waals surface area contributed by atoms with Crippen molar-refractivity contribution in [3.63, 3.8) is 0 Å². The van der Waals surface area contributed by atoms with Gasteiger partial charge in [-0.15, -0.1) is 0 Å². The molecule has 0 unspecified atom stereocenters. The summed E-state index contributed by atoms with van der Waals surface area (Å²) < 4.78 is 7.04. The number of rotatable bonds is 5. The van der Waals surface area contributed by atoms with Crippen LogP contribution in [0.4, 0.5) is 4.79 Å². The summed E-state index contributed by atoms with van der Waals surface area (Å²) in [7, 11) is 1.66. The lowest BCUT2D eigenvalue weighted by atomic mass is 10.0. The van der Waals surface area contributed by atoms with Crippen molar-refractivity contribution in [1.82, 2.24) is 20.0 Å². The Kier molecular flexibility index (Phi) is 5.03. The molecule has 2 amide bonds. The molecular formula is C18H24N4O2. The summed E-state index contributed by atoms with van der Waals surface area (Å²) in [5.74, 6) is 0.834. The van der Waals surface area contributed by atoms with Crippen LogP contribution in [0.15, 0.2) is 42.7 Å². The van der Waals surface area contributed by atoms with Gasteiger partial charge in [0.05, 0.1) is 19.7 Å². The molecule has 3 rings (SSSR count). The number of likely N-dealkylation sites (tertiary alicyclic amines) is 1. The molecule has 2 aromatic rings. The Morgan fingerprint density at radius 2 is 2.21 bits per heavy atom. The van der Waals surface area contributed by atoms with Crippen LogP contribution in [-0.2, 0) is 6.54 Å². The monoisotopic (exact) mass is 328 g/mol. The highest BCUT2D eigenvalue weighted by Gasteiger charge is 2.30. The van der Waals surface area contributed by atoms with Crippen LogP contribution >= 0.6 is 0 Å². The van der Waals surface area contributed by atoms with E-state index in [1.165, 1.54) is 0 Å². The summed E-state index contributed by atoms with van der Waals surface area (Å²) >= 11 is 0. The van der Waals surface area contributed by atoms with Gasteiger partial charge in [0.15, 0.2) is 0 Å². The molecule has 1 saturated heterocycles. The lowest BCUT2D eigenvalue weighted by Crippen LogP contribution is -2.44. The van der Waals surface area contributed by atoms with Crippen molar-refractivity contribution in [2.24, 2.45) is 0 Å². The number of hydrogen-bond acceptors (Lipinski definition) is 3. The highest BCUT2D eigenvalue weighted by Crippen LogP contribution is 2.32. The topological polar surface area (TPSA) is 59.4 Å². The first-order valence-corrected chi connectivity index (χ1v) is 8.36. The number of ether oxygens (including phenoxy) is 1. The number of carbonyl (C=O) groups excluding carboxylic acids is 1. The molecule has 2 heterocycles. The average Bonchev–Trinajstić information content (AvgIpc) is 3.26. The maximum absolute atomic E-state index is 12.7. The second-order valence-electron chi connectivity index (χ2n) is 6.20. The van der Waals surface area contributed by atoms with Gasteiger partial charge >= 0.3 is 6.03 Å². The summed E-state index contributed by atoms with van der Waals surface area (Å²) in [6.45, 7) is 3.45. The van der Waals surface area contributed by atoms with Crippen molar-refractivity contribution in [1.29, 1.82) is 0 Å². The molecule has 1 aliphatic rings. The normalized spacial score (nSPS) is 18.4. The van der Waals surface area contributed by atoms with Gasteiger partial charge in [0.25, 0.3) is 0 Å². The van der Waals surface area contributed by atoms with Gasteiger partial charge in [0.2, 0.25) is 0 Å². The maximum Gasteiger partial charge on any atom is 0.318 e. The largest absolute Gasteiger partial charge is 0.497 e. The fourth-order valence-corrected chi connectivity index (χ4v) is 3.21. The van der Waals surface area contributed by atoms with Crippen molar-refractivity contribution in [3.8, 4) is 5.75 Å². The Morgan fingerprint density at radius 1 is 1.42 bits per heavy atom. The fraction of sp³-hybridized carbons (Fsp3) is 0.444. The minimum atomic E-state index is -0.00651. The number of aromatic nitrogens is 2. The molecule has 1 aromatic heterocycles. The second-order valence-corrected chi connectivity index (χ2v) is 6.20. The third-order valence-corrected chi connectivity index (χ3v) is 4.40. The van der Waals surface area contributed by atoms with Gasteiger partial charge in [-0.2, -0.15) is 5.10 Å². The number of nitrogens with one attached hydrogen (secondary N) is 1. The van der Waals surface area contributed by atoms with Crippen LogP contribution in [0.25, 0.3) is 0 Å². The molecule has 6 nitrogen and oxygen atoms in total. The minimum Gasteiger partial charge on any atom is -0.497 e. The third-order valence-electron chi connectivity index (χ3n) is 4.40. The number of urea groups is 1. The molecule has 1 aromatic carbocycles. The Bertz CT molecular complexity index is 654. The van der Waals surface area contributed by atoms with Crippen molar-refractivity contribution < 1.29 is 9.53 Å². The van der Waals surface area contributed by atoms with Gasteiger partial charge in [0.1, 0.15) is 5.75 Å². The van der Waals surface area contributed by atoms with Crippen LogP contribution < -0.4 is 10.1 Å². The van der Waals surface area contributed by atoms with Gasteiger partial charge in [-0.1, -0.05) is 12.1 Å². The Labute approximate surface area is 142 Å². The van der Waals surface area contributed by atoms with Gasteiger partial charge in [-0.25, -0.2) is 4.79 Å². The number of benzene rings is 1. The smallest absolute Gasteiger partial charge is 0.318 e. The molecule has 1 N–H and O–H groups in total. The van der Waals surface area contributed by atoms with Crippen molar-refractivity contribution in [3.05, 3.63) is 48.3 Å².